The van der Waals surface area contributed by atoms with Gasteiger partial charge in [-0.25, -0.2) is 9.78 Å². The maximum atomic E-state index is 12.9. The molecule has 1 aliphatic rings. The number of amides is 2. The lowest BCUT2D eigenvalue weighted by atomic mass is 10.0. The molecular formula is C27H35ClN6O5. The van der Waals surface area contributed by atoms with E-state index < -0.39 is 6.09 Å². The van der Waals surface area contributed by atoms with Gasteiger partial charge in [-0.2, -0.15) is 4.98 Å². The molecule has 4 rings (SSSR count). The molecule has 0 radical (unpaired) electrons. The fraction of sp³-hybridized carbons (Fsp3) is 0.481. The van der Waals surface area contributed by atoms with Crippen LogP contribution in [0.2, 0.25) is 5.02 Å². The van der Waals surface area contributed by atoms with Gasteiger partial charge in [0.25, 0.3) is 0 Å². The molecule has 0 saturated carbocycles. The number of imidazole rings is 1. The lowest BCUT2D eigenvalue weighted by Crippen LogP contribution is -2.47. The minimum absolute atomic E-state index is 0.00191. The smallest absolute Gasteiger partial charge is 0.415 e. The summed E-state index contributed by atoms with van der Waals surface area (Å²) in [6.07, 6.45) is 2.49. The number of piperidine rings is 1. The normalized spacial score (nSPS) is 14.5. The number of likely N-dealkylation sites (tertiary alicyclic amines) is 1. The van der Waals surface area contributed by atoms with Crippen LogP contribution < -0.4 is 20.1 Å². The number of anilines is 1. The monoisotopic (exact) mass is 558 g/mol. The molecule has 12 heteroatoms. The van der Waals surface area contributed by atoms with E-state index in [0.29, 0.717) is 53.5 Å². The van der Waals surface area contributed by atoms with Crippen molar-refractivity contribution in [3.05, 3.63) is 41.6 Å². The Labute approximate surface area is 232 Å². The fourth-order valence-corrected chi connectivity index (χ4v) is 4.53. The average molecular weight is 559 g/mol. The van der Waals surface area contributed by atoms with Crippen LogP contribution in [-0.4, -0.2) is 76.4 Å². The SMILES string of the molecule is CCOCCOc1cccc2c1nc(OC(=O)NC1CCN(C(C)C)CC1)n2CC(=O)Nc1ccc(Cl)cn1. The second-order valence-electron chi connectivity index (χ2n) is 9.50. The zero-order chi connectivity index (χ0) is 27.8. The summed E-state index contributed by atoms with van der Waals surface area (Å²) in [4.78, 5) is 36.9. The number of fused-ring (bicyclic) bond motifs is 1. The summed E-state index contributed by atoms with van der Waals surface area (Å²) < 4.78 is 18.4. The summed E-state index contributed by atoms with van der Waals surface area (Å²) in [6, 6.07) is 9.05. The zero-order valence-electron chi connectivity index (χ0n) is 22.5. The first kappa shape index (κ1) is 28.6. The van der Waals surface area contributed by atoms with Crippen LogP contribution >= 0.6 is 11.6 Å². The first-order chi connectivity index (χ1) is 18.8. The van der Waals surface area contributed by atoms with Crippen LogP contribution in [0.3, 0.4) is 0 Å². The van der Waals surface area contributed by atoms with Crippen molar-refractivity contribution in [1.29, 1.82) is 0 Å². The Morgan fingerprint density at radius 3 is 2.64 bits per heavy atom. The van der Waals surface area contributed by atoms with E-state index >= 15 is 0 Å². The second-order valence-corrected chi connectivity index (χ2v) is 9.93. The minimum atomic E-state index is -0.617. The molecule has 1 aliphatic heterocycles. The molecule has 3 aromatic rings. The summed E-state index contributed by atoms with van der Waals surface area (Å²) in [5.74, 6) is 0.469. The number of para-hydroxylation sites is 1. The van der Waals surface area contributed by atoms with Crippen LogP contribution in [0, 0.1) is 0 Å². The second kappa shape index (κ2) is 13.6. The van der Waals surface area contributed by atoms with E-state index in [-0.39, 0.29) is 24.5 Å². The summed E-state index contributed by atoms with van der Waals surface area (Å²) in [5, 5.41) is 6.14. The highest BCUT2D eigenvalue weighted by molar-refractivity contribution is 6.30. The maximum absolute atomic E-state index is 12.9. The Kier molecular flexibility index (Phi) is 9.96. The summed E-state index contributed by atoms with van der Waals surface area (Å²) >= 11 is 5.89. The van der Waals surface area contributed by atoms with E-state index in [1.807, 2.05) is 6.92 Å². The Morgan fingerprint density at radius 2 is 1.95 bits per heavy atom. The number of hydrogen-bond acceptors (Lipinski definition) is 8. The van der Waals surface area contributed by atoms with Gasteiger partial charge < -0.3 is 29.7 Å². The summed E-state index contributed by atoms with van der Waals surface area (Å²) in [7, 11) is 0. The number of nitrogens with one attached hydrogen (secondary N) is 2. The molecule has 0 unspecified atom stereocenters. The van der Waals surface area contributed by atoms with E-state index in [1.165, 1.54) is 10.8 Å². The van der Waals surface area contributed by atoms with Gasteiger partial charge in [0, 0.05) is 38.0 Å². The number of carbonyl (C=O) groups excluding carboxylic acids is 2. The molecule has 210 valence electrons. The molecule has 3 heterocycles. The molecule has 2 amide bonds. The number of pyridine rings is 1. The van der Waals surface area contributed by atoms with Gasteiger partial charge in [0.1, 0.15) is 30.2 Å². The number of carbonyl (C=O) groups is 2. The minimum Gasteiger partial charge on any atom is -0.489 e. The Morgan fingerprint density at radius 1 is 1.15 bits per heavy atom. The number of hydrogen-bond donors (Lipinski definition) is 2. The quantitative estimate of drug-likeness (QED) is 0.338. The van der Waals surface area contributed by atoms with E-state index in [0.717, 1.165) is 25.9 Å². The van der Waals surface area contributed by atoms with Crippen molar-refractivity contribution in [2.45, 2.75) is 52.2 Å². The van der Waals surface area contributed by atoms with Crippen molar-refractivity contribution in [2.24, 2.45) is 0 Å². The van der Waals surface area contributed by atoms with Gasteiger partial charge in [0.05, 0.1) is 17.1 Å². The standard InChI is InChI=1S/C27H35ClN6O5/c1-4-37-14-15-38-22-7-5-6-21-25(22)32-26(34(21)17-24(35)31-23-9-8-19(28)16-29-23)39-27(36)30-20-10-12-33(13-11-20)18(2)3/h5-9,16,18,20H,4,10-15,17H2,1-3H3,(H,30,36)(H,29,31,35). The molecule has 0 bridgehead atoms. The number of rotatable bonds is 11. The molecule has 39 heavy (non-hydrogen) atoms. The molecule has 2 aromatic heterocycles. The highest BCUT2D eigenvalue weighted by Crippen LogP contribution is 2.29. The molecule has 11 nitrogen and oxygen atoms in total. The predicted molar refractivity (Wildman–Crippen MR) is 148 cm³/mol. The van der Waals surface area contributed by atoms with E-state index in [1.54, 1.807) is 30.3 Å². The summed E-state index contributed by atoms with van der Waals surface area (Å²) in [6.45, 7) is 9.23. The lowest BCUT2D eigenvalue weighted by Gasteiger charge is -2.34. The van der Waals surface area contributed by atoms with Gasteiger partial charge in [-0.1, -0.05) is 17.7 Å². The summed E-state index contributed by atoms with van der Waals surface area (Å²) in [5.41, 5.74) is 1.05. The molecule has 0 aliphatic carbocycles. The van der Waals surface area contributed by atoms with Crippen molar-refractivity contribution < 1.29 is 23.8 Å². The van der Waals surface area contributed by atoms with Crippen LogP contribution in [0.15, 0.2) is 36.5 Å². The number of halogens is 1. The molecule has 1 saturated heterocycles. The highest BCUT2D eigenvalue weighted by atomic mass is 35.5. The third-order valence-corrected chi connectivity index (χ3v) is 6.68. The first-order valence-corrected chi connectivity index (χ1v) is 13.6. The lowest BCUT2D eigenvalue weighted by molar-refractivity contribution is -0.116. The van der Waals surface area contributed by atoms with Gasteiger partial charge in [-0.3, -0.25) is 9.36 Å². The molecular weight excluding hydrogens is 524 g/mol. The third-order valence-electron chi connectivity index (χ3n) is 6.46. The van der Waals surface area contributed by atoms with Crippen LogP contribution in [0.1, 0.15) is 33.6 Å². The van der Waals surface area contributed by atoms with E-state index in [2.05, 4.69) is 39.3 Å². The van der Waals surface area contributed by atoms with Crippen LogP contribution in [-0.2, 0) is 16.1 Å². The predicted octanol–water partition coefficient (Wildman–Crippen LogP) is 4.10. The van der Waals surface area contributed by atoms with Crippen LogP contribution in [0.5, 0.6) is 11.8 Å². The largest absolute Gasteiger partial charge is 0.489 e. The van der Waals surface area contributed by atoms with E-state index in [4.69, 9.17) is 25.8 Å². The van der Waals surface area contributed by atoms with Gasteiger partial charge >= 0.3 is 12.1 Å². The maximum Gasteiger partial charge on any atom is 0.415 e. The van der Waals surface area contributed by atoms with E-state index in [9.17, 15) is 9.59 Å². The van der Waals surface area contributed by atoms with Crippen molar-refractivity contribution >= 4 is 40.5 Å². The number of ether oxygens (including phenoxy) is 3. The Balaban J connectivity index is 1.52. The topological polar surface area (TPSA) is 120 Å². The van der Waals surface area contributed by atoms with Gasteiger partial charge in [0.2, 0.25) is 5.91 Å². The Bertz CT molecular complexity index is 1260. The first-order valence-electron chi connectivity index (χ1n) is 13.2. The molecule has 1 aromatic carbocycles. The third kappa shape index (κ3) is 7.81. The van der Waals surface area contributed by atoms with Crippen molar-refractivity contribution in [1.82, 2.24) is 24.8 Å². The van der Waals surface area contributed by atoms with Gasteiger partial charge in [0.15, 0.2) is 0 Å². The number of aromatic nitrogens is 3. The Hall–Kier alpha value is -3.41. The van der Waals surface area contributed by atoms with Crippen molar-refractivity contribution in [3.8, 4) is 11.8 Å². The molecule has 2 N–H and O–H groups in total. The van der Waals surface area contributed by atoms with Gasteiger partial charge in [-0.05, 0) is 57.9 Å². The van der Waals surface area contributed by atoms with Crippen LogP contribution in [0.25, 0.3) is 11.0 Å². The molecule has 0 atom stereocenters. The van der Waals surface area contributed by atoms with Crippen molar-refractivity contribution in [2.75, 3.05) is 38.2 Å². The average Bonchev–Trinajstić information content (AvgIpc) is 3.25. The highest BCUT2D eigenvalue weighted by Gasteiger charge is 2.25. The molecule has 1 fully saturated rings. The van der Waals surface area contributed by atoms with Crippen LogP contribution in [0.4, 0.5) is 10.6 Å². The number of benzene rings is 1. The zero-order valence-corrected chi connectivity index (χ0v) is 23.2. The van der Waals surface area contributed by atoms with Gasteiger partial charge in [-0.15, -0.1) is 0 Å². The molecule has 0 spiro atoms. The fourth-order valence-electron chi connectivity index (χ4n) is 4.42. The number of nitrogens with zero attached hydrogens (tertiary/aromatic N) is 4. The van der Waals surface area contributed by atoms with Crippen molar-refractivity contribution in [3.63, 3.8) is 0 Å².